The van der Waals surface area contributed by atoms with Crippen LogP contribution >= 0.6 is 0 Å². The molecule has 4 heteroatoms. The summed E-state index contributed by atoms with van der Waals surface area (Å²) >= 11 is 0. The van der Waals surface area contributed by atoms with Crippen molar-refractivity contribution in [3.63, 3.8) is 0 Å². The van der Waals surface area contributed by atoms with Gasteiger partial charge in [0.1, 0.15) is 5.76 Å². The summed E-state index contributed by atoms with van der Waals surface area (Å²) in [7, 11) is 0. The SMILES string of the molecule is CCc1ccc(C(=O)NC(CN)C2CCCC2)o1. The lowest BCUT2D eigenvalue weighted by molar-refractivity contribution is 0.0894. The van der Waals surface area contributed by atoms with Crippen LogP contribution in [0.2, 0.25) is 0 Å². The highest BCUT2D eigenvalue weighted by molar-refractivity contribution is 5.91. The molecule has 1 aliphatic carbocycles. The van der Waals surface area contributed by atoms with E-state index in [0.29, 0.717) is 18.2 Å². The van der Waals surface area contributed by atoms with Crippen LogP contribution in [0.15, 0.2) is 16.5 Å². The predicted octanol–water partition coefficient (Wildman–Crippen LogP) is 2.09. The van der Waals surface area contributed by atoms with Gasteiger partial charge in [0, 0.05) is 19.0 Å². The summed E-state index contributed by atoms with van der Waals surface area (Å²) < 4.78 is 5.45. The smallest absolute Gasteiger partial charge is 0.287 e. The van der Waals surface area contributed by atoms with Crippen molar-refractivity contribution < 1.29 is 9.21 Å². The Morgan fingerprint density at radius 1 is 1.50 bits per heavy atom. The van der Waals surface area contributed by atoms with Crippen LogP contribution in [0.3, 0.4) is 0 Å². The van der Waals surface area contributed by atoms with E-state index in [1.165, 1.54) is 25.7 Å². The highest BCUT2D eigenvalue weighted by Gasteiger charge is 2.26. The van der Waals surface area contributed by atoms with Crippen molar-refractivity contribution in [1.82, 2.24) is 5.32 Å². The molecule has 2 rings (SSSR count). The first-order valence-electron chi connectivity index (χ1n) is 6.84. The standard InChI is InChI=1S/C14H22N2O2/c1-2-11-7-8-13(18-11)14(17)16-12(9-15)10-5-3-4-6-10/h7-8,10,12H,2-6,9,15H2,1H3,(H,16,17). The van der Waals surface area contributed by atoms with Gasteiger partial charge in [-0.2, -0.15) is 0 Å². The largest absolute Gasteiger partial charge is 0.456 e. The first-order valence-corrected chi connectivity index (χ1v) is 6.84. The highest BCUT2D eigenvalue weighted by atomic mass is 16.3. The normalized spacial score (nSPS) is 17.9. The number of furan rings is 1. The van der Waals surface area contributed by atoms with Crippen molar-refractivity contribution in [2.45, 2.75) is 45.1 Å². The van der Waals surface area contributed by atoms with Crippen LogP contribution in [0.25, 0.3) is 0 Å². The molecule has 0 saturated heterocycles. The molecule has 100 valence electrons. The van der Waals surface area contributed by atoms with Crippen molar-refractivity contribution in [3.05, 3.63) is 23.7 Å². The van der Waals surface area contributed by atoms with Gasteiger partial charge in [-0.05, 0) is 30.9 Å². The summed E-state index contributed by atoms with van der Waals surface area (Å²) in [5, 5.41) is 3.00. The van der Waals surface area contributed by atoms with Crippen LogP contribution in [-0.4, -0.2) is 18.5 Å². The van der Waals surface area contributed by atoms with E-state index in [9.17, 15) is 4.79 Å². The molecule has 0 aromatic carbocycles. The van der Waals surface area contributed by atoms with E-state index in [1.807, 2.05) is 13.0 Å². The number of hydrogen-bond donors (Lipinski definition) is 2. The van der Waals surface area contributed by atoms with E-state index >= 15 is 0 Å². The van der Waals surface area contributed by atoms with Crippen molar-refractivity contribution in [2.75, 3.05) is 6.54 Å². The molecule has 0 bridgehead atoms. The molecule has 0 radical (unpaired) electrons. The van der Waals surface area contributed by atoms with E-state index in [2.05, 4.69) is 5.32 Å². The molecule has 1 amide bonds. The molecule has 1 aromatic rings. The highest BCUT2D eigenvalue weighted by Crippen LogP contribution is 2.27. The minimum Gasteiger partial charge on any atom is -0.456 e. The Hall–Kier alpha value is -1.29. The fourth-order valence-corrected chi connectivity index (χ4v) is 2.66. The minimum absolute atomic E-state index is 0.0789. The average molecular weight is 250 g/mol. The van der Waals surface area contributed by atoms with Crippen molar-refractivity contribution in [1.29, 1.82) is 0 Å². The van der Waals surface area contributed by atoms with Crippen molar-refractivity contribution in [3.8, 4) is 0 Å². The summed E-state index contributed by atoms with van der Waals surface area (Å²) in [6.07, 6.45) is 5.63. The van der Waals surface area contributed by atoms with Gasteiger partial charge in [-0.25, -0.2) is 0 Å². The lowest BCUT2D eigenvalue weighted by Crippen LogP contribution is -2.44. The summed E-state index contributed by atoms with van der Waals surface area (Å²) in [5.74, 6) is 1.62. The zero-order chi connectivity index (χ0) is 13.0. The first kappa shape index (κ1) is 13.1. The molecule has 3 N–H and O–H groups in total. The third-order valence-electron chi connectivity index (χ3n) is 3.77. The monoisotopic (exact) mass is 250 g/mol. The number of aryl methyl sites for hydroxylation is 1. The van der Waals surface area contributed by atoms with Gasteiger partial charge in [-0.1, -0.05) is 19.8 Å². The van der Waals surface area contributed by atoms with E-state index in [4.69, 9.17) is 10.2 Å². The van der Waals surface area contributed by atoms with Gasteiger partial charge in [-0.3, -0.25) is 4.79 Å². The number of carbonyl (C=O) groups excluding carboxylic acids is 1. The number of hydrogen-bond acceptors (Lipinski definition) is 3. The van der Waals surface area contributed by atoms with Gasteiger partial charge in [0.2, 0.25) is 0 Å². The molecule has 1 fully saturated rings. The maximum absolute atomic E-state index is 12.0. The second-order valence-electron chi connectivity index (χ2n) is 4.98. The van der Waals surface area contributed by atoms with Crippen LogP contribution in [0.4, 0.5) is 0 Å². The lowest BCUT2D eigenvalue weighted by Gasteiger charge is -2.22. The Bertz CT molecular complexity index is 394. The van der Waals surface area contributed by atoms with E-state index < -0.39 is 0 Å². The topological polar surface area (TPSA) is 68.3 Å². The fraction of sp³-hybridized carbons (Fsp3) is 0.643. The summed E-state index contributed by atoms with van der Waals surface area (Å²) in [6.45, 7) is 2.50. The van der Waals surface area contributed by atoms with Crippen molar-refractivity contribution >= 4 is 5.91 Å². The average Bonchev–Trinajstić information content (AvgIpc) is 3.05. The Morgan fingerprint density at radius 3 is 2.78 bits per heavy atom. The Balaban J connectivity index is 1.96. The van der Waals surface area contributed by atoms with Crippen LogP contribution in [0.5, 0.6) is 0 Å². The Kier molecular flexibility index (Phi) is 4.42. The van der Waals surface area contributed by atoms with Crippen LogP contribution in [-0.2, 0) is 6.42 Å². The summed E-state index contributed by atoms with van der Waals surface area (Å²) in [5.41, 5.74) is 5.77. The minimum atomic E-state index is -0.142. The van der Waals surface area contributed by atoms with E-state index in [0.717, 1.165) is 12.2 Å². The van der Waals surface area contributed by atoms with Gasteiger partial charge in [-0.15, -0.1) is 0 Å². The third kappa shape index (κ3) is 2.93. The molecular weight excluding hydrogens is 228 g/mol. The second kappa shape index (κ2) is 6.05. The molecule has 0 spiro atoms. The molecule has 18 heavy (non-hydrogen) atoms. The van der Waals surface area contributed by atoms with Crippen LogP contribution in [0, 0.1) is 5.92 Å². The molecule has 0 aliphatic heterocycles. The van der Waals surface area contributed by atoms with E-state index in [-0.39, 0.29) is 11.9 Å². The van der Waals surface area contributed by atoms with Gasteiger partial charge in [0.05, 0.1) is 0 Å². The predicted molar refractivity (Wildman–Crippen MR) is 70.4 cm³/mol. The molecule has 1 aromatic heterocycles. The number of rotatable bonds is 5. The van der Waals surface area contributed by atoms with Gasteiger partial charge in [0.25, 0.3) is 5.91 Å². The molecule has 1 atom stereocenters. The first-order chi connectivity index (χ1) is 8.74. The molecule has 1 saturated carbocycles. The second-order valence-corrected chi connectivity index (χ2v) is 4.98. The summed E-state index contributed by atoms with van der Waals surface area (Å²) in [4.78, 5) is 12.0. The maximum Gasteiger partial charge on any atom is 0.287 e. The number of nitrogens with two attached hydrogens (primary N) is 1. The molecule has 1 unspecified atom stereocenters. The summed E-state index contributed by atoms with van der Waals surface area (Å²) in [6, 6.07) is 3.66. The van der Waals surface area contributed by atoms with Gasteiger partial charge < -0.3 is 15.5 Å². The molecule has 1 heterocycles. The number of nitrogens with one attached hydrogen (secondary N) is 1. The van der Waals surface area contributed by atoms with Crippen LogP contribution in [0.1, 0.15) is 48.9 Å². The third-order valence-corrected chi connectivity index (χ3v) is 3.77. The van der Waals surface area contributed by atoms with Gasteiger partial charge >= 0.3 is 0 Å². The Labute approximate surface area is 108 Å². The lowest BCUT2D eigenvalue weighted by atomic mass is 9.98. The molecular formula is C14H22N2O2. The van der Waals surface area contributed by atoms with Crippen molar-refractivity contribution in [2.24, 2.45) is 11.7 Å². The van der Waals surface area contributed by atoms with E-state index in [1.54, 1.807) is 6.07 Å². The zero-order valence-corrected chi connectivity index (χ0v) is 10.9. The molecule has 4 nitrogen and oxygen atoms in total. The fourth-order valence-electron chi connectivity index (χ4n) is 2.66. The quantitative estimate of drug-likeness (QED) is 0.840. The Morgan fingerprint density at radius 2 is 2.22 bits per heavy atom. The number of carbonyl (C=O) groups is 1. The van der Waals surface area contributed by atoms with Crippen LogP contribution < -0.4 is 11.1 Å². The number of amides is 1. The van der Waals surface area contributed by atoms with Gasteiger partial charge in [0.15, 0.2) is 5.76 Å². The maximum atomic E-state index is 12.0. The zero-order valence-electron chi connectivity index (χ0n) is 10.9. The molecule has 1 aliphatic rings.